The molecule has 0 fully saturated rings. The number of hydrogen-bond acceptors (Lipinski definition) is 0. The van der Waals surface area contributed by atoms with Crippen LogP contribution in [0.3, 0.4) is 0 Å². The van der Waals surface area contributed by atoms with E-state index in [9.17, 15) is 8.78 Å². The highest BCUT2D eigenvalue weighted by atomic mass is 19.2. The lowest BCUT2D eigenvalue weighted by molar-refractivity contribution is 0.172. The lowest BCUT2D eigenvalue weighted by Gasteiger charge is -2.05. The zero-order valence-corrected chi connectivity index (χ0v) is 5.32. The first kappa shape index (κ1) is 7.86. The fourth-order valence-corrected chi connectivity index (χ4v) is 0.505. The van der Waals surface area contributed by atoms with Gasteiger partial charge in [0.1, 0.15) is 12.3 Å². The maximum Gasteiger partial charge on any atom is 0.131 e. The summed E-state index contributed by atoms with van der Waals surface area (Å²) < 4.78 is 24.1. The van der Waals surface area contributed by atoms with Crippen LogP contribution in [-0.4, -0.2) is 12.3 Å². The quantitative estimate of drug-likeness (QED) is 0.539. The molecule has 2 unspecified atom stereocenters. The van der Waals surface area contributed by atoms with Gasteiger partial charge < -0.3 is 0 Å². The number of alkyl halides is 2. The molecule has 0 bridgehead atoms. The Balaban J connectivity index is 3.17. The van der Waals surface area contributed by atoms with Crippen LogP contribution in [0.15, 0.2) is 0 Å². The maximum absolute atomic E-state index is 12.2. The number of rotatable bonds is 3. The van der Waals surface area contributed by atoms with Gasteiger partial charge in [0.05, 0.1) is 0 Å². The van der Waals surface area contributed by atoms with E-state index in [0.717, 1.165) is 6.42 Å². The Kier molecular flexibility index (Phi) is 3.75. The van der Waals surface area contributed by atoms with Crippen molar-refractivity contribution in [2.24, 2.45) is 0 Å². The Labute approximate surface area is 48.9 Å². The van der Waals surface area contributed by atoms with Gasteiger partial charge in [0.25, 0.3) is 0 Å². The Morgan fingerprint density at radius 1 is 1.38 bits per heavy atom. The van der Waals surface area contributed by atoms with Crippen molar-refractivity contribution in [3.63, 3.8) is 0 Å². The smallest absolute Gasteiger partial charge is 0.131 e. The second-order valence-electron chi connectivity index (χ2n) is 1.98. The molecule has 0 radical (unpaired) electrons. The lowest BCUT2D eigenvalue weighted by Crippen LogP contribution is -2.11. The summed E-state index contributed by atoms with van der Waals surface area (Å²) in [5.41, 5.74) is 0. The molecule has 0 aliphatic carbocycles. The average Bonchev–Trinajstić information content (AvgIpc) is 1.67. The monoisotopic (exact) mass is 122 g/mol. The Bertz CT molecular complexity index is 52.5. The van der Waals surface area contributed by atoms with Crippen LogP contribution in [0, 0.1) is 0 Å². The van der Waals surface area contributed by atoms with Gasteiger partial charge in [-0.05, 0) is 13.3 Å². The van der Waals surface area contributed by atoms with Crippen LogP contribution < -0.4 is 0 Å². The Morgan fingerprint density at radius 3 is 2.00 bits per heavy atom. The van der Waals surface area contributed by atoms with Crippen LogP contribution in [0.25, 0.3) is 0 Å². The highest BCUT2D eigenvalue weighted by molar-refractivity contribution is 4.60. The van der Waals surface area contributed by atoms with Crippen LogP contribution >= 0.6 is 0 Å². The standard InChI is InChI=1S/C6H12F2/c1-3-4-6(8)5(2)7/h5-6H,3-4H2,1-2H3. The molecular weight excluding hydrogens is 110 g/mol. The fraction of sp³-hybridized carbons (Fsp3) is 1.00. The summed E-state index contributed by atoms with van der Waals surface area (Å²) in [6.07, 6.45) is -1.48. The molecule has 0 saturated heterocycles. The minimum Gasteiger partial charge on any atom is -0.245 e. The van der Waals surface area contributed by atoms with E-state index in [1.54, 1.807) is 0 Å². The van der Waals surface area contributed by atoms with Crippen molar-refractivity contribution in [2.75, 3.05) is 0 Å². The molecule has 0 saturated carbocycles. The van der Waals surface area contributed by atoms with Crippen molar-refractivity contribution in [1.29, 1.82) is 0 Å². The van der Waals surface area contributed by atoms with Crippen LogP contribution in [-0.2, 0) is 0 Å². The number of hydrogen-bond donors (Lipinski definition) is 0. The highest BCUT2D eigenvalue weighted by Gasteiger charge is 2.12. The molecular formula is C6H12F2. The van der Waals surface area contributed by atoms with Gasteiger partial charge in [-0.2, -0.15) is 0 Å². The summed E-state index contributed by atoms with van der Waals surface area (Å²) >= 11 is 0. The average molecular weight is 122 g/mol. The van der Waals surface area contributed by atoms with Gasteiger partial charge in [0.15, 0.2) is 0 Å². The molecule has 0 aromatic heterocycles. The van der Waals surface area contributed by atoms with Gasteiger partial charge >= 0.3 is 0 Å². The van der Waals surface area contributed by atoms with E-state index in [0.29, 0.717) is 6.42 Å². The second-order valence-corrected chi connectivity index (χ2v) is 1.98. The van der Waals surface area contributed by atoms with E-state index < -0.39 is 12.3 Å². The van der Waals surface area contributed by atoms with E-state index in [4.69, 9.17) is 0 Å². The van der Waals surface area contributed by atoms with Crippen LogP contribution in [0.4, 0.5) is 8.78 Å². The molecule has 2 heteroatoms. The zero-order chi connectivity index (χ0) is 6.57. The summed E-state index contributed by atoms with van der Waals surface area (Å²) in [6.45, 7) is 3.09. The molecule has 0 aromatic carbocycles. The molecule has 0 nitrogen and oxygen atoms in total. The van der Waals surface area contributed by atoms with Gasteiger partial charge in [-0.3, -0.25) is 0 Å². The molecule has 50 valence electrons. The SMILES string of the molecule is CCCC(F)C(C)F. The fourth-order valence-electron chi connectivity index (χ4n) is 0.505. The first-order chi connectivity index (χ1) is 3.68. The van der Waals surface area contributed by atoms with Gasteiger partial charge in [0.2, 0.25) is 0 Å². The van der Waals surface area contributed by atoms with E-state index in [1.807, 2.05) is 6.92 Å². The summed E-state index contributed by atoms with van der Waals surface area (Å²) in [6, 6.07) is 0. The normalized spacial score (nSPS) is 18.0. The van der Waals surface area contributed by atoms with Gasteiger partial charge in [-0.1, -0.05) is 13.3 Å². The van der Waals surface area contributed by atoms with Crippen molar-refractivity contribution in [2.45, 2.75) is 39.0 Å². The topological polar surface area (TPSA) is 0 Å². The molecule has 0 spiro atoms. The molecule has 0 N–H and O–H groups in total. The lowest BCUT2D eigenvalue weighted by atomic mass is 10.2. The summed E-state index contributed by atoms with van der Waals surface area (Å²) in [4.78, 5) is 0. The molecule has 2 atom stereocenters. The zero-order valence-electron chi connectivity index (χ0n) is 5.32. The van der Waals surface area contributed by atoms with Crippen LogP contribution in [0.2, 0.25) is 0 Å². The van der Waals surface area contributed by atoms with E-state index >= 15 is 0 Å². The summed E-state index contributed by atoms with van der Waals surface area (Å²) in [7, 11) is 0. The van der Waals surface area contributed by atoms with Gasteiger partial charge in [-0.15, -0.1) is 0 Å². The van der Waals surface area contributed by atoms with Gasteiger partial charge in [-0.25, -0.2) is 8.78 Å². The third kappa shape index (κ3) is 2.94. The third-order valence-corrected chi connectivity index (χ3v) is 1.06. The van der Waals surface area contributed by atoms with E-state index in [-0.39, 0.29) is 0 Å². The number of halogens is 2. The molecule has 0 aliphatic heterocycles. The summed E-state index contributed by atoms with van der Waals surface area (Å²) in [5, 5.41) is 0. The van der Waals surface area contributed by atoms with Crippen molar-refractivity contribution in [3.8, 4) is 0 Å². The molecule has 0 heterocycles. The molecule has 0 rings (SSSR count). The minimum atomic E-state index is -1.30. The predicted molar refractivity (Wildman–Crippen MR) is 30.4 cm³/mol. The largest absolute Gasteiger partial charge is 0.245 e. The maximum atomic E-state index is 12.2. The van der Waals surface area contributed by atoms with Gasteiger partial charge in [0, 0.05) is 0 Å². The van der Waals surface area contributed by atoms with Crippen molar-refractivity contribution >= 4 is 0 Å². The Morgan fingerprint density at radius 2 is 1.88 bits per heavy atom. The third-order valence-electron chi connectivity index (χ3n) is 1.06. The van der Waals surface area contributed by atoms with Crippen molar-refractivity contribution < 1.29 is 8.78 Å². The van der Waals surface area contributed by atoms with Crippen LogP contribution in [0.5, 0.6) is 0 Å². The van der Waals surface area contributed by atoms with E-state index in [1.165, 1.54) is 6.92 Å². The first-order valence-electron chi connectivity index (χ1n) is 2.96. The van der Waals surface area contributed by atoms with E-state index in [2.05, 4.69) is 0 Å². The Hall–Kier alpha value is -0.140. The molecule has 8 heavy (non-hydrogen) atoms. The second kappa shape index (κ2) is 3.81. The molecule has 0 amide bonds. The van der Waals surface area contributed by atoms with Crippen LogP contribution in [0.1, 0.15) is 26.7 Å². The molecule has 0 aromatic rings. The minimum absolute atomic E-state index is 0.345. The first-order valence-corrected chi connectivity index (χ1v) is 2.96. The highest BCUT2D eigenvalue weighted by Crippen LogP contribution is 2.08. The molecule has 0 aliphatic rings. The van der Waals surface area contributed by atoms with Crippen molar-refractivity contribution in [3.05, 3.63) is 0 Å². The predicted octanol–water partition coefficient (Wildman–Crippen LogP) is 2.48. The van der Waals surface area contributed by atoms with Crippen molar-refractivity contribution in [1.82, 2.24) is 0 Å². The summed E-state index contributed by atoms with van der Waals surface area (Å²) in [5.74, 6) is 0.